The Morgan fingerprint density at radius 1 is 1.35 bits per heavy atom. The molecule has 0 spiro atoms. The first-order valence-electron chi connectivity index (χ1n) is 5.70. The molecular weight excluding hydrogens is 216 g/mol. The molecular formula is C13H20N2O2. The highest BCUT2D eigenvalue weighted by Crippen LogP contribution is 2.18. The van der Waals surface area contributed by atoms with E-state index in [-0.39, 0.29) is 18.0 Å². The van der Waals surface area contributed by atoms with E-state index in [1.165, 1.54) is 0 Å². The van der Waals surface area contributed by atoms with E-state index >= 15 is 0 Å². The van der Waals surface area contributed by atoms with Crippen molar-refractivity contribution in [2.45, 2.75) is 25.9 Å². The number of benzene rings is 1. The minimum absolute atomic E-state index is 0.0113. The highest BCUT2D eigenvalue weighted by atomic mass is 16.5. The number of ether oxygens (including phenoxy) is 1. The second kappa shape index (κ2) is 6.25. The highest BCUT2D eigenvalue weighted by molar-refractivity contribution is 5.81. The zero-order valence-corrected chi connectivity index (χ0v) is 10.8. The maximum atomic E-state index is 11.7. The Hall–Kier alpha value is -1.55. The van der Waals surface area contributed by atoms with Crippen LogP contribution >= 0.6 is 0 Å². The quantitative estimate of drug-likeness (QED) is 0.814. The first-order chi connectivity index (χ1) is 8.08. The highest BCUT2D eigenvalue weighted by Gasteiger charge is 2.14. The smallest absolute Gasteiger partial charge is 0.237 e. The van der Waals surface area contributed by atoms with Crippen LogP contribution in [-0.4, -0.2) is 26.1 Å². The Morgan fingerprint density at radius 2 is 2.06 bits per heavy atom. The fraction of sp³-hybridized carbons (Fsp3) is 0.462. The number of carbonyl (C=O) groups excluding carboxylic acids is 1. The number of hydrogen-bond acceptors (Lipinski definition) is 3. The van der Waals surface area contributed by atoms with E-state index in [1.54, 1.807) is 14.2 Å². The average Bonchev–Trinajstić information content (AvgIpc) is 2.37. The van der Waals surface area contributed by atoms with Gasteiger partial charge in [0.15, 0.2) is 0 Å². The molecule has 0 saturated carbocycles. The molecule has 1 aromatic rings. The lowest BCUT2D eigenvalue weighted by atomic mass is 10.1. The predicted octanol–water partition coefficient (Wildman–Crippen LogP) is 1.48. The molecule has 4 nitrogen and oxygen atoms in total. The molecule has 1 rings (SSSR count). The van der Waals surface area contributed by atoms with E-state index in [2.05, 4.69) is 10.6 Å². The molecule has 0 fully saturated rings. The topological polar surface area (TPSA) is 50.4 Å². The van der Waals surface area contributed by atoms with Crippen molar-refractivity contribution in [2.75, 3.05) is 14.2 Å². The SMILES string of the molecule is CNC(C)C(=O)NC(C)c1cccc(OC)c1. The van der Waals surface area contributed by atoms with E-state index in [0.29, 0.717) is 0 Å². The van der Waals surface area contributed by atoms with E-state index in [4.69, 9.17) is 4.74 Å². The van der Waals surface area contributed by atoms with Crippen molar-refractivity contribution in [1.82, 2.24) is 10.6 Å². The van der Waals surface area contributed by atoms with Crippen LogP contribution < -0.4 is 15.4 Å². The van der Waals surface area contributed by atoms with Crippen molar-refractivity contribution in [2.24, 2.45) is 0 Å². The van der Waals surface area contributed by atoms with Gasteiger partial charge in [0.25, 0.3) is 0 Å². The monoisotopic (exact) mass is 236 g/mol. The predicted molar refractivity (Wildman–Crippen MR) is 68.1 cm³/mol. The summed E-state index contributed by atoms with van der Waals surface area (Å²) >= 11 is 0. The second-order valence-corrected chi connectivity index (χ2v) is 4.02. The molecule has 1 aromatic carbocycles. The Morgan fingerprint density at radius 3 is 2.65 bits per heavy atom. The minimum atomic E-state index is -0.192. The molecule has 0 aromatic heterocycles. The molecule has 4 heteroatoms. The van der Waals surface area contributed by atoms with Gasteiger partial charge in [0, 0.05) is 0 Å². The van der Waals surface area contributed by atoms with Crippen LogP contribution in [0.3, 0.4) is 0 Å². The standard InChI is InChI=1S/C13H20N2O2/c1-9(15-13(16)10(2)14-3)11-6-5-7-12(8-11)17-4/h5-10,14H,1-4H3,(H,15,16). The molecule has 0 aliphatic heterocycles. The molecule has 94 valence electrons. The third-order valence-corrected chi connectivity index (χ3v) is 2.78. The Kier molecular flexibility index (Phi) is 4.97. The molecule has 0 bridgehead atoms. The molecule has 0 aliphatic carbocycles. The molecule has 0 aliphatic rings. The number of nitrogens with one attached hydrogen (secondary N) is 2. The summed E-state index contributed by atoms with van der Waals surface area (Å²) in [7, 11) is 3.39. The number of amides is 1. The molecule has 2 N–H and O–H groups in total. The van der Waals surface area contributed by atoms with Gasteiger partial charge in [0.2, 0.25) is 5.91 Å². The molecule has 2 unspecified atom stereocenters. The lowest BCUT2D eigenvalue weighted by Crippen LogP contribution is -2.41. The van der Waals surface area contributed by atoms with Gasteiger partial charge in [-0.2, -0.15) is 0 Å². The minimum Gasteiger partial charge on any atom is -0.497 e. The van der Waals surface area contributed by atoms with Gasteiger partial charge in [-0.05, 0) is 38.6 Å². The summed E-state index contributed by atoms with van der Waals surface area (Å²) in [6, 6.07) is 7.47. The number of methoxy groups -OCH3 is 1. The van der Waals surface area contributed by atoms with Crippen molar-refractivity contribution in [3.63, 3.8) is 0 Å². The van der Waals surface area contributed by atoms with Crippen LogP contribution in [-0.2, 0) is 4.79 Å². The maximum absolute atomic E-state index is 11.7. The van der Waals surface area contributed by atoms with Gasteiger partial charge >= 0.3 is 0 Å². The van der Waals surface area contributed by atoms with Crippen LogP contribution in [0, 0.1) is 0 Å². The fourth-order valence-electron chi connectivity index (χ4n) is 1.46. The summed E-state index contributed by atoms with van der Waals surface area (Å²) in [4.78, 5) is 11.7. The molecule has 0 radical (unpaired) electrons. The number of likely N-dealkylation sites (N-methyl/N-ethyl adjacent to an activating group) is 1. The van der Waals surface area contributed by atoms with E-state index in [0.717, 1.165) is 11.3 Å². The van der Waals surface area contributed by atoms with Crippen molar-refractivity contribution in [3.05, 3.63) is 29.8 Å². The largest absolute Gasteiger partial charge is 0.497 e. The van der Waals surface area contributed by atoms with E-state index in [9.17, 15) is 4.79 Å². The van der Waals surface area contributed by atoms with Crippen LogP contribution in [0.15, 0.2) is 24.3 Å². The first-order valence-corrected chi connectivity index (χ1v) is 5.70. The number of hydrogen-bond donors (Lipinski definition) is 2. The van der Waals surface area contributed by atoms with Crippen molar-refractivity contribution in [3.8, 4) is 5.75 Å². The van der Waals surface area contributed by atoms with Gasteiger partial charge in [0.05, 0.1) is 19.2 Å². The van der Waals surface area contributed by atoms with E-state index in [1.807, 2.05) is 38.1 Å². The lowest BCUT2D eigenvalue weighted by molar-refractivity contribution is -0.123. The normalized spacial score (nSPS) is 13.9. The average molecular weight is 236 g/mol. The van der Waals surface area contributed by atoms with Gasteiger partial charge in [-0.25, -0.2) is 0 Å². The Labute approximate surface area is 102 Å². The summed E-state index contributed by atoms with van der Waals surface area (Å²) in [5.74, 6) is 0.785. The second-order valence-electron chi connectivity index (χ2n) is 4.02. The molecule has 0 heterocycles. The first kappa shape index (κ1) is 13.5. The number of rotatable bonds is 5. The van der Waals surface area contributed by atoms with Crippen molar-refractivity contribution >= 4 is 5.91 Å². The molecule has 0 saturated heterocycles. The Balaban J connectivity index is 2.69. The third-order valence-electron chi connectivity index (χ3n) is 2.78. The van der Waals surface area contributed by atoms with Gasteiger partial charge < -0.3 is 15.4 Å². The van der Waals surface area contributed by atoms with Crippen LogP contribution in [0.2, 0.25) is 0 Å². The van der Waals surface area contributed by atoms with Gasteiger partial charge in [-0.1, -0.05) is 12.1 Å². The molecule has 2 atom stereocenters. The van der Waals surface area contributed by atoms with Crippen molar-refractivity contribution in [1.29, 1.82) is 0 Å². The Bertz CT molecular complexity index is 379. The van der Waals surface area contributed by atoms with Crippen LogP contribution in [0.5, 0.6) is 5.75 Å². The molecule has 17 heavy (non-hydrogen) atoms. The van der Waals surface area contributed by atoms with Crippen LogP contribution in [0.25, 0.3) is 0 Å². The van der Waals surface area contributed by atoms with Crippen LogP contribution in [0.1, 0.15) is 25.5 Å². The zero-order valence-electron chi connectivity index (χ0n) is 10.8. The summed E-state index contributed by atoms with van der Waals surface area (Å²) in [5.41, 5.74) is 1.03. The van der Waals surface area contributed by atoms with Gasteiger partial charge in [-0.15, -0.1) is 0 Å². The van der Waals surface area contributed by atoms with Crippen LogP contribution in [0.4, 0.5) is 0 Å². The zero-order chi connectivity index (χ0) is 12.8. The molecule has 1 amide bonds. The summed E-state index contributed by atoms with van der Waals surface area (Å²) in [6.45, 7) is 3.78. The summed E-state index contributed by atoms with van der Waals surface area (Å²) < 4.78 is 5.15. The van der Waals surface area contributed by atoms with Crippen molar-refractivity contribution < 1.29 is 9.53 Å². The van der Waals surface area contributed by atoms with E-state index < -0.39 is 0 Å². The van der Waals surface area contributed by atoms with Gasteiger partial charge in [-0.3, -0.25) is 4.79 Å². The lowest BCUT2D eigenvalue weighted by Gasteiger charge is -2.18. The summed E-state index contributed by atoms with van der Waals surface area (Å²) in [6.07, 6.45) is 0. The van der Waals surface area contributed by atoms with Gasteiger partial charge in [0.1, 0.15) is 5.75 Å². The third kappa shape index (κ3) is 3.75. The maximum Gasteiger partial charge on any atom is 0.237 e. The number of carbonyl (C=O) groups is 1. The fourth-order valence-corrected chi connectivity index (χ4v) is 1.46. The summed E-state index contributed by atoms with van der Waals surface area (Å²) in [5, 5.41) is 5.85.